The van der Waals surface area contributed by atoms with Crippen molar-refractivity contribution in [1.29, 1.82) is 0 Å². The van der Waals surface area contributed by atoms with Gasteiger partial charge in [0.25, 0.3) is 0 Å². The average molecular weight is 245 g/mol. The van der Waals surface area contributed by atoms with Crippen LogP contribution >= 0.6 is 0 Å². The summed E-state index contributed by atoms with van der Waals surface area (Å²) in [6.45, 7) is 1.10. The van der Waals surface area contributed by atoms with Crippen molar-refractivity contribution in [3.05, 3.63) is 48.3 Å². The van der Waals surface area contributed by atoms with E-state index < -0.39 is 0 Å². The lowest BCUT2D eigenvalue weighted by atomic mass is 10.2. The highest BCUT2D eigenvalue weighted by molar-refractivity contribution is 5.64. The Kier molecular flexibility index (Phi) is 2.76. The zero-order valence-corrected chi connectivity index (χ0v) is 9.65. The standard InChI is InChI=1S/C14H12FNO2/c15-11-3-1-2-4-12(11)16-10-5-6-13-14(9-10)18-8-7-17-13/h1-6,9,16H,7-8H2. The first-order valence-corrected chi connectivity index (χ1v) is 5.74. The van der Waals surface area contributed by atoms with Crippen LogP contribution in [0.15, 0.2) is 42.5 Å². The van der Waals surface area contributed by atoms with Crippen LogP contribution in [0.3, 0.4) is 0 Å². The Hall–Kier alpha value is -2.23. The van der Waals surface area contributed by atoms with Crippen LogP contribution in [-0.4, -0.2) is 13.2 Å². The van der Waals surface area contributed by atoms with E-state index >= 15 is 0 Å². The predicted octanol–water partition coefficient (Wildman–Crippen LogP) is 3.34. The minimum Gasteiger partial charge on any atom is -0.486 e. The van der Waals surface area contributed by atoms with E-state index in [1.54, 1.807) is 24.3 Å². The van der Waals surface area contributed by atoms with E-state index in [9.17, 15) is 4.39 Å². The highest BCUT2D eigenvalue weighted by Gasteiger charge is 2.12. The molecule has 2 aromatic rings. The van der Waals surface area contributed by atoms with Crippen molar-refractivity contribution < 1.29 is 13.9 Å². The second kappa shape index (κ2) is 4.56. The Morgan fingerprint density at radius 1 is 0.944 bits per heavy atom. The number of anilines is 2. The highest BCUT2D eigenvalue weighted by Crippen LogP contribution is 2.33. The van der Waals surface area contributed by atoms with Crippen molar-refractivity contribution in [3.8, 4) is 11.5 Å². The maximum absolute atomic E-state index is 13.5. The van der Waals surface area contributed by atoms with Crippen LogP contribution in [0.4, 0.5) is 15.8 Å². The van der Waals surface area contributed by atoms with E-state index in [4.69, 9.17) is 9.47 Å². The Morgan fingerprint density at radius 2 is 1.72 bits per heavy atom. The lowest BCUT2D eigenvalue weighted by Gasteiger charge is -2.19. The molecular formula is C14H12FNO2. The van der Waals surface area contributed by atoms with Crippen molar-refractivity contribution in [2.45, 2.75) is 0 Å². The summed E-state index contributed by atoms with van der Waals surface area (Å²) in [6, 6.07) is 12.0. The molecule has 1 heterocycles. The molecule has 0 aromatic heterocycles. The van der Waals surface area contributed by atoms with Gasteiger partial charge in [0.1, 0.15) is 19.0 Å². The predicted molar refractivity (Wildman–Crippen MR) is 67.1 cm³/mol. The molecule has 1 aliphatic heterocycles. The molecule has 0 atom stereocenters. The fourth-order valence-corrected chi connectivity index (χ4v) is 1.84. The summed E-state index contributed by atoms with van der Waals surface area (Å²) < 4.78 is 24.4. The average Bonchev–Trinajstić information content (AvgIpc) is 2.41. The summed E-state index contributed by atoms with van der Waals surface area (Å²) in [5, 5.41) is 3.01. The molecule has 92 valence electrons. The summed E-state index contributed by atoms with van der Waals surface area (Å²) in [5.41, 5.74) is 1.21. The fraction of sp³-hybridized carbons (Fsp3) is 0.143. The Morgan fingerprint density at radius 3 is 2.56 bits per heavy atom. The Bertz CT molecular complexity index is 571. The molecule has 0 saturated heterocycles. The molecule has 0 fully saturated rings. The van der Waals surface area contributed by atoms with Gasteiger partial charge in [0.2, 0.25) is 0 Å². The molecule has 3 rings (SSSR count). The molecule has 0 bridgehead atoms. The van der Waals surface area contributed by atoms with Gasteiger partial charge in [-0.15, -0.1) is 0 Å². The lowest BCUT2D eigenvalue weighted by Crippen LogP contribution is -2.15. The van der Waals surface area contributed by atoms with Gasteiger partial charge in [0, 0.05) is 11.8 Å². The minimum absolute atomic E-state index is 0.285. The molecule has 0 unspecified atom stereocenters. The van der Waals surface area contributed by atoms with E-state index in [1.165, 1.54) is 6.07 Å². The van der Waals surface area contributed by atoms with E-state index in [-0.39, 0.29) is 5.82 Å². The van der Waals surface area contributed by atoms with Gasteiger partial charge in [-0.3, -0.25) is 0 Å². The number of para-hydroxylation sites is 1. The van der Waals surface area contributed by atoms with Gasteiger partial charge in [-0.1, -0.05) is 12.1 Å². The topological polar surface area (TPSA) is 30.5 Å². The third-order valence-corrected chi connectivity index (χ3v) is 2.70. The second-order valence-corrected chi connectivity index (χ2v) is 3.96. The van der Waals surface area contributed by atoms with Crippen LogP contribution in [0.2, 0.25) is 0 Å². The van der Waals surface area contributed by atoms with Crippen LogP contribution in [0, 0.1) is 5.82 Å². The molecule has 18 heavy (non-hydrogen) atoms. The molecule has 3 nitrogen and oxygen atoms in total. The van der Waals surface area contributed by atoms with Crippen molar-refractivity contribution in [2.24, 2.45) is 0 Å². The van der Waals surface area contributed by atoms with Crippen LogP contribution in [0.1, 0.15) is 0 Å². The summed E-state index contributed by atoms with van der Waals surface area (Å²) in [7, 11) is 0. The molecular weight excluding hydrogens is 233 g/mol. The maximum Gasteiger partial charge on any atom is 0.163 e. The number of ether oxygens (including phenoxy) is 2. The van der Waals surface area contributed by atoms with Crippen molar-refractivity contribution in [2.75, 3.05) is 18.5 Å². The smallest absolute Gasteiger partial charge is 0.163 e. The van der Waals surface area contributed by atoms with E-state index in [1.807, 2.05) is 12.1 Å². The van der Waals surface area contributed by atoms with Gasteiger partial charge in [0.05, 0.1) is 5.69 Å². The molecule has 1 aliphatic rings. The van der Waals surface area contributed by atoms with Gasteiger partial charge in [-0.05, 0) is 24.3 Å². The number of rotatable bonds is 2. The van der Waals surface area contributed by atoms with Crippen molar-refractivity contribution in [1.82, 2.24) is 0 Å². The van der Waals surface area contributed by atoms with Gasteiger partial charge in [0.15, 0.2) is 11.5 Å². The van der Waals surface area contributed by atoms with Crippen molar-refractivity contribution in [3.63, 3.8) is 0 Å². The normalized spacial score (nSPS) is 13.2. The maximum atomic E-state index is 13.5. The monoisotopic (exact) mass is 245 g/mol. The first-order chi connectivity index (χ1) is 8.83. The number of benzene rings is 2. The SMILES string of the molecule is Fc1ccccc1Nc1ccc2c(c1)OCCO2. The molecule has 1 N–H and O–H groups in total. The highest BCUT2D eigenvalue weighted by atomic mass is 19.1. The van der Waals surface area contributed by atoms with Gasteiger partial charge >= 0.3 is 0 Å². The summed E-state index contributed by atoms with van der Waals surface area (Å²) >= 11 is 0. The molecule has 0 aliphatic carbocycles. The number of hydrogen-bond donors (Lipinski definition) is 1. The molecule has 0 spiro atoms. The van der Waals surface area contributed by atoms with E-state index in [2.05, 4.69) is 5.32 Å². The minimum atomic E-state index is -0.285. The summed E-state index contributed by atoms with van der Waals surface area (Å²) in [4.78, 5) is 0. The van der Waals surface area contributed by atoms with Gasteiger partial charge in [-0.2, -0.15) is 0 Å². The summed E-state index contributed by atoms with van der Waals surface area (Å²) in [5.74, 6) is 1.12. The second-order valence-electron chi connectivity index (χ2n) is 3.96. The summed E-state index contributed by atoms with van der Waals surface area (Å²) in [6.07, 6.45) is 0. The number of hydrogen-bond acceptors (Lipinski definition) is 3. The largest absolute Gasteiger partial charge is 0.486 e. The lowest BCUT2D eigenvalue weighted by molar-refractivity contribution is 0.171. The molecule has 0 radical (unpaired) electrons. The Balaban J connectivity index is 1.87. The van der Waals surface area contributed by atoms with E-state index in [0.717, 1.165) is 11.4 Å². The first-order valence-electron chi connectivity index (χ1n) is 5.74. The number of nitrogens with one attached hydrogen (secondary N) is 1. The van der Waals surface area contributed by atoms with Crippen LogP contribution < -0.4 is 14.8 Å². The van der Waals surface area contributed by atoms with Crippen LogP contribution in [-0.2, 0) is 0 Å². The number of halogens is 1. The van der Waals surface area contributed by atoms with Crippen LogP contribution in [0.5, 0.6) is 11.5 Å². The molecule has 0 saturated carbocycles. The third kappa shape index (κ3) is 2.09. The zero-order valence-electron chi connectivity index (χ0n) is 9.65. The third-order valence-electron chi connectivity index (χ3n) is 2.70. The van der Waals surface area contributed by atoms with Gasteiger partial charge in [-0.25, -0.2) is 4.39 Å². The van der Waals surface area contributed by atoms with Crippen LogP contribution in [0.25, 0.3) is 0 Å². The number of fused-ring (bicyclic) bond motifs is 1. The van der Waals surface area contributed by atoms with Gasteiger partial charge < -0.3 is 14.8 Å². The molecule has 0 amide bonds. The molecule has 4 heteroatoms. The fourth-order valence-electron chi connectivity index (χ4n) is 1.84. The van der Waals surface area contributed by atoms with Crippen molar-refractivity contribution >= 4 is 11.4 Å². The first kappa shape index (κ1) is 10.9. The molecule has 2 aromatic carbocycles. The quantitative estimate of drug-likeness (QED) is 0.880. The van der Waals surface area contributed by atoms with E-state index in [0.29, 0.717) is 24.7 Å². The zero-order chi connectivity index (χ0) is 12.4. The Labute approximate surface area is 104 Å².